The number of pyridine rings is 1. The van der Waals surface area contributed by atoms with Crippen LogP contribution in [0.25, 0.3) is 0 Å². The zero-order valence-electron chi connectivity index (χ0n) is 13.4. The second-order valence-electron chi connectivity index (χ2n) is 5.49. The number of ether oxygens (including phenoxy) is 1. The van der Waals surface area contributed by atoms with Gasteiger partial charge in [0.1, 0.15) is 11.5 Å². The molecule has 0 aliphatic heterocycles. The van der Waals surface area contributed by atoms with E-state index in [0.717, 1.165) is 17.1 Å². The molecule has 0 aliphatic carbocycles. The summed E-state index contributed by atoms with van der Waals surface area (Å²) in [6.45, 7) is 2.47. The maximum absolute atomic E-state index is 12.0. The number of aryl methyl sites for hydroxylation is 1. The van der Waals surface area contributed by atoms with Gasteiger partial charge in [-0.05, 0) is 48.9 Å². The molecule has 120 valence electrons. The quantitative estimate of drug-likeness (QED) is 0.770. The molecular weight excluding hydrogens is 300 g/mol. The summed E-state index contributed by atoms with van der Waals surface area (Å²) in [5, 5.41) is 2.88. The Balaban J connectivity index is 1.63. The number of amides is 1. The van der Waals surface area contributed by atoms with E-state index in [4.69, 9.17) is 4.74 Å². The molecule has 2 aromatic carbocycles. The highest BCUT2D eigenvalue weighted by atomic mass is 16.5. The molecule has 1 N–H and O–H groups in total. The number of hydrogen-bond acceptors (Lipinski definition) is 3. The van der Waals surface area contributed by atoms with Crippen molar-refractivity contribution in [3.8, 4) is 11.5 Å². The first kappa shape index (κ1) is 15.7. The number of rotatable bonds is 5. The maximum Gasteiger partial charge on any atom is 0.253 e. The van der Waals surface area contributed by atoms with E-state index in [-0.39, 0.29) is 5.91 Å². The molecule has 0 saturated carbocycles. The van der Waals surface area contributed by atoms with Gasteiger partial charge in [-0.15, -0.1) is 0 Å². The number of nitrogens with one attached hydrogen (secondary N) is 1. The lowest BCUT2D eigenvalue weighted by Gasteiger charge is -2.09. The Kier molecular flexibility index (Phi) is 4.87. The fourth-order valence-corrected chi connectivity index (χ4v) is 2.24. The summed E-state index contributed by atoms with van der Waals surface area (Å²) in [6, 6.07) is 19.0. The van der Waals surface area contributed by atoms with Gasteiger partial charge in [0.2, 0.25) is 0 Å². The van der Waals surface area contributed by atoms with Crippen molar-refractivity contribution in [1.82, 2.24) is 10.3 Å². The van der Waals surface area contributed by atoms with Gasteiger partial charge >= 0.3 is 0 Å². The van der Waals surface area contributed by atoms with E-state index in [9.17, 15) is 4.79 Å². The zero-order chi connectivity index (χ0) is 16.8. The van der Waals surface area contributed by atoms with Crippen molar-refractivity contribution < 1.29 is 9.53 Å². The van der Waals surface area contributed by atoms with Gasteiger partial charge in [-0.3, -0.25) is 9.78 Å². The van der Waals surface area contributed by atoms with Crippen molar-refractivity contribution in [1.29, 1.82) is 0 Å². The molecule has 4 nitrogen and oxygen atoms in total. The number of aromatic nitrogens is 1. The highest BCUT2D eigenvalue weighted by Gasteiger charge is 2.05. The topological polar surface area (TPSA) is 51.2 Å². The average Bonchev–Trinajstić information content (AvgIpc) is 2.63. The zero-order valence-corrected chi connectivity index (χ0v) is 13.4. The van der Waals surface area contributed by atoms with Crippen molar-refractivity contribution >= 4 is 5.91 Å². The van der Waals surface area contributed by atoms with E-state index in [1.54, 1.807) is 24.5 Å². The first-order valence-electron chi connectivity index (χ1n) is 7.72. The van der Waals surface area contributed by atoms with Gasteiger partial charge in [0.05, 0.1) is 5.56 Å². The van der Waals surface area contributed by atoms with Crippen LogP contribution in [0.4, 0.5) is 0 Å². The fraction of sp³-hybridized carbons (Fsp3) is 0.100. The number of nitrogens with zero attached hydrogens (tertiary/aromatic N) is 1. The largest absolute Gasteiger partial charge is 0.457 e. The summed E-state index contributed by atoms with van der Waals surface area (Å²) < 4.78 is 5.84. The first-order valence-corrected chi connectivity index (χ1v) is 7.72. The van der Waals surface area contributed by atoms with Gasteiger partial charge in [0.25, 0.3) is 5.91 Å². The SMILES string of the molecule is Cc1ccc(Oc2cccc(CNC(=O)c3cccnc3)c2)cc1. The molecule has 0 radical (unpaired) electrons. The van der Waals surface area contributed by atoms with Crippen LogP contribution in [-0.4, -0.2) is 10.9 Å². The number of carbonyl (C=O) groups is 1. The summed E-state index contributed by atoms with van der Waals surface area (Å²) in [4.78, 5) is 16.0. The molecule has 0 spiro atoms. The summed E-state index contributed by atoms with van der Waals surface area (Å²) in [5.74, 6) is 1.39. The molecule has 1 aromatic heterocycles. The minimum atomic E-state index is -0.145. The Labute approximate surface area is 141 Å². The summed E-state index contributed by atoms with van der Waals surface area (Å²) in [7, 11) is 0. The third kappa shape index (κ3) is 4.20. The Hall–Kier alpha value is -3.14. The van der Waals surface area contributed by atoms with Crippen LogP contribution in [0, 0.1) is 6.92 Å². The third-order valence-corrected chi connectivity index (χ3v) is 3.53. The molecule has 3 rings (SSSR count). The summed E-state index contributed by atoms with van der Waals surface area (Å²) in [5.41, 5.74) is 2.70. The van der Waals surface area contributed by atoms with Crippen LogP contribution < -0.4 is 10.1 Å². The molecule has 0 atom stereocenters. The van der Waals surface area contributed by atoms with E-state index in [1.165, 1.54) is 5.56 Å². The van der Waals surface area contributed by atoms with Crippen LogP contribution >= 0.6 is 0 Å². The molecule has 0 unspecified atom stereocenters. The fourth-order valence-electron chi connectivity index (χ4n) is 2.24. The Morgan fingerprint density at radius 2 is 1.88 bits per heavy atom. The Bertz CT molecular complexity index is 815. The standard InChI is InChI=1S/C20H18N2O2/c1-15-7-9-18(10-8-15)24-19-6-2-4-16(12-19)13-22-20(23)17-5-3-11-21-14-17/h2-12,14H,13H2,1H3,(H,22,23). The number of benzene rings is 2. The summed E-state index contributed by atoms with van der Waals surface area (Å²) in [6.07, 6.45) is 3.19. The van der Waals surface area contributed by atoms with Crippen LogP contribution in [0.1, 0.15) is 21.5 Å². The molecule has 3 aromatic rings. The Morgan fingerprint density at radius 3 is 2.62 bits per heavy atom. The van der Waals surface area contributed by atoms with E-state index < -0.39 is 0 Å². The second kappa shape index (κ2) is 7.42. The van der Waals surface area contributed by atoms with E-state index in [1.807, 2.05) is 55.5 Å². The van der Waals surface area contributed by atoms with E-state index in [2.05, 4.69) is 10.3 Å². The second-order valence-corrected chi connectivity index (χ2v) is 5.49. The van der Waals surface area contributed by atoms with E-state index in [0.29, 0.717) is 12.1 Å². The van der Waals surface area contributed by atoms with Gasteiger partial charge in [0.15, 0.2) is 0 Å². The third-order valence-electron chi connectivity index (χ3n) is 3.53. The number of hydrogen-bond donors (Lipinski definition) is 1. The van der Waals surface area contributed by atoms with Crippen molar-refractivity contribution in [2.75, 3.05) is 0 Å². The lowest BCUT2D eigenvalue weighted by Crippen LogP contribution is -2.22. The number of carbonyl (C=O) groups excluding carboxylic acids is 1. The molecule has 1 heterocycles. The normalized spacial score (nSPS) is 10.2. The van der Waals surface area contributed by atoms with Crippen molar-refractivity contribution in [2.45, 2.75) is 13.5 Å². The molecule has 0 saturated heterocycles. The molecule has 4 heteroatoms. The lowest BCUT2D eigenvalue weighted by molar-refractivity contribution is 0.0950. The van der Waals surface area contributed by atoms with Gasteiger partial charge < -0.3 is 10.1 Å². The lowest BCUT2D eigenvalue weighted by atomic mass is 10.2. The van der Waals surface area contributed by atoms with Gasteiger partial charge in [-0.2, -0.15) is 0 Å². The van der Waals surface area contributed by atoms with Crippen LogP contribution in [0.5, 0.6) is 11.5 Å². The molecule has 0 aliphatic rings. The molecule has 24 heavy (non-hydrogen) atoms. The van der Waals surface area contributed by atoms with Gasteiger partial charge in [0, 0.05) is 18.9 Å². The smallest absolute Gasteiger partial charge is 0.253 e. The molecule has 1 amide bonds. The van der Waals surface area contributed by atoms with Crippen LogP contribution in [0.2, 0.25) is 0 Å². The van der Waals surface area contributed by atoms with Gasteiger partial charge in [-0.25, -0.2) is 0 Å². The first-order chi connectivity index (χ1) is 11.7. The monoisotopic (exact) mass is 318 g/mol. The van der Waals surface area contributed by atoms with Crippen LogP contribution in [0.3, 0.4) is 0 Å². The van der Waals surface area contributed by atoms with Crippen molar-refractivity contribution in [2.24, 2.45) is 0 Å². The summed E-state index contributed by atoms with van der Waals surface area (Å²) >= 11 is 0. The van der Waals surface area contributed by atoms with E-state index >= 15 is 0 Å². The maximum atomic E-state index is 12.0. The minimum Gasteiger partial charge on any atom is -0.457 e. The minimum absolute atomic E-state index is 0.145. The highest BCUT2D eigenvalue weighted by molar-refractivity contribution is 5.93. The molecular formula is C20H18N2O2. The van der Waals surface area contributed by atoms with Crippen molar-refractivity contribution in [3.63, 3.8) is 0 Å². The predicted octanol–water partition coefficient (Wildman–Crippen LogP) is 4.11. The molecule has 0 bridgehead atoms. The molecule has 0 fully saturated rings. The Morgan fingerprint density at radius 1 is 1.04 bits per heavy atom. The van der Waals surface area contributed by atoms with Crippen molar-refractivity contribution in [3.05, 3.63) is 89.7 Å². The van der Waals surface area contributed by atoms with Crippen LogP contribution in [-0.2, 0) is 6.54 Å². The van der Waals surface area contributed by atoms with Crippen LogP contribution in [0.15, 0.2) is 73.1 Å². The highest BCUT2D eigenvalue weighted by Crippen LogP contribution is 2.22. The predicted molar refractivity (Wildman–Crippen MR) is 93.1 cm³/mol. The average molecular weight is 318 g/mol. The van der Waals surface area contributed by atoms with Gasteiger partial charge in [-0.1, -0.05) is 29.8 Å².